The average molecular weight is 364 g/mol. The molecule has 5 rings (SSSR count). The number of hydrogen-bond donors (Lipinski definition) is 1. The van der Waals surface area contributed by atoms with E-state index in [9.17, 15) is 4.79 Å². The third-order valence-electron chi connectivity index (χ3n) is 4.60. The van der Waals surface area contributed by atoms with E-state index in [4.69, 9.17) is 4.74 Å². The van der Waals surface area contributed by atoms with Crippen LogP contribution in [0.4, 0.5) is 5.82 Å². The highest BCUT2D eigenvalue weighted by molar-refractivity contribution is 7.25. The first-order valence-corrected chi connectivity index (χ1v) is 9.26. The molecular weight excluding hydrogens is 348 g/mol. The van der Waals surface area contributed by atoms with E-state index >= 15 is 0 Å². The van der Waals surface area contributed by atoms with Gasteiger partial charge in [0, 0.05) is 23.3 Å². The average Bonchev–Trinajstić information content (AvgIpc) is 3.40. The molecule has 3 heterocycles. The molecule has 3 aromatic heterocycles. The van der Waals surface area contributed by atoms with Crippen LogP contribution in [0.5, 0.6) is 5.75 Å². The molecule has 0 saturated heterocycles. The lowest BCUT2D eigenvalue weighted by Gasteiger charge is -2.07. The lowest BCUT2D eigenvalue weighted by molar-refractivity contribution is 0.414. The standard InChI is InChI=1S/C19H16N4O2S/c1-25-13-6-4-12(5-7-13)23-9-8-14-15-17(22-11-2-3-11)20-10-21-18(15)26-16(14)19(23)24/h4-11H,2-3H2,1H3,(H,20,21,22). The zero-order chi connectivity index (χ0) is 17.7. The molecule has 4 aromatic rings. The summed E-state index contributed by atoms with van der Waals surface area (Å²) in [6.45, 7) is 0. The highest BCUT2D eigenvalue weighted by Gasteiger charge is 2.24. The van der Waals surface area contributed by atoms with Gasteiger partial charge in [-0.05, 0) is 43.2 Å². The van der Waals surface area contributed by atoms with Gasteiger partial charge < -0.3 is 10.1 Å². The van der Waals surface area contributed by atoms with Gasteiger partial charge in [0.15, 0.2) is 0 Å². The summed E-state index contributed by atoms with van der Waals surface area (Å²) >= 11 is 1.42. The Kier molecular flexibility index (Phi) is 3.43. The van der Waals surface area contributed by atoms with E-state index < -0.39 is 0 Å². The minimum absolute atomic E-state index is 0.0481. The van der Waals surface area contributed by atoms with Crippen LogP contribution in [0.1, 0.15) is 12.8 Å². The van der Waals surface area contributed by atoms with E-state index in [1.54, 1.807) is 18.0 Å². The van der Waals surface area contributed by atoms with Crippen LogP contribution in [0.2, 0.25) is 0 Å². The maximum Gasteiger partial charge on any atom is 0.273 e. The summed E-state index contributed by atoms with van der Waals surface area (Å²) in [5.74, 6) is 1.58. The molecule has 130 valence electrons. The number of nitrogens with one attached hydrogen (secondary N) is 1. The quantitative estimate of drug-likeness (QED) is 0.599. The number of ether oxygens (including phenoxy) is 1. The van der Waals surface area contributed by atoms with Crippen molar-refractivity contribution in [2.75, 3.05) is 12.4 Å². The molecule has 1 aliphatic carbocycles. The lowest BCUT2D eigenvalue weighted by atomic mass is 10.2. The van der Waals surface area contributed by atoms with Crippen molar-refractivity contribution >= 4 is 37.5 Å². The number of pyridine rings is 1. The zero-order valence-corrected chi connectivity index (χ0v) is 14.9. The predicted molar refractivity (Wildman–Crippen MR) is 104 cm³/mol. The monoisotopic (exact) mass is 364 g/mol. The van der Waals surface area contributed by atoms with E-state index in [-0.39, 0.29) is 5.56 Å². The first kappa shape index (κ1) is 15.3. The van der Waals surface area contributed by atoms with E-state index in [0.29, 0.717) is 10.7 Å². The summed E-state index contributed by atoms with van der Waals surface area (Å²) in [5.41, 5.74) is 0.755. The second kappa shape index (κ2) is 5.81. The number of thiophene rings is 1. The van der Waals surface area contributed by atoms with Crippen molar-refractivity contribution < 1.29 is 4.74 Å². The predicted octanol–water partition coefficient (Wildman–Crippen LogP) is 3.58. The van der Waals surface area contributed by atoms with Crippen LogP contribution in [0.25, 0.3) is 26.0 Å². The maximum atomic E-state index is 13.1. The molecular formula is C19H16N4O2S. The summed E-state index contributed by atoms with van der Waals surface area (Å²) < 4.78 is 7.53. The van der Waals surface area contributed by atoms with Gasteiger partial charge in [-0.2, -0.15) is 0 Å². The minimum Gasteiger partial charge on any atom is -0.497 e. The molecule has 0 unspecified atom stereocenters. The number of benzene rings is 1. The first-order chi connectivity index (χ1) is 12.7. The van der Waals surface area contributed by atoms with E-state index in [2.05, 4.69) is 15.3 Å². The van der Waals surface area contributed by atoms with Gasteiger partial charge in [0.25, 0.3) is 5.56 Å². The highest BCUT2D eigenvalue weighted by atomic mass is 32.1. The Morgan fingerprint density at radius 1 is 1.19 bits per heavy atom. The van der Waals surface area contributed by atoms with Crippen LogP contribution in [-0.2, 0) is 0 Å². The van der Waals surface area contributed by atoms with Crippen LogP contribution in [0.15, 0.2) is 47.7 Å². The molecule has 1 N–H and O–H groups in total. The van der Waals surface area contributed by atoms with E-state index in [1.165, 1.54) is 11.3 Å². The topological polar surface area (TPSA) is 69.0 Å². The van der Waals surface area contributed by atoms with Crippen LogP contribution in [-0.4, -0.2) is 27.7 Å². The Labute approximate surface area is 153 Å². The molecule has 1 aromatic carbocycles. The van der Waals surface area contributed by atoms with Crippen LogP contribution in [0, 0.1) is 0 Å². The molecule has 1 saturated carbocycles. The fourth-order valence-corrected chi connectivity index (χ4v) is 4.14. The summed E-state index contributed by atoms with van der Waals surface area (Å²) in [6.07, 6.45) is 5.70. The van der Waals surface area contributed by atoms with E-state index in [1.807, 2.05) is 36.5 Å². The first-order valence-electron chi connectivity index (χ1n) is 8.44. The highest BCUT2D eigenvalue weighted by Crippen LogP contribution is 2.36. The fourth-order valence-electron chi connectivity index (χ4n) is 3.08. The van der Waals surface area contributed by atoms with Crippen LogP contribution in [0.3, 0.4) is 0 Å². The fraction of sp³-hybridized carbons (Fsp3) is 0.211. The largest absolute Gasteiger partial charge is 0.497 e. The van der Waals surface area contributed by atoms with Gasteiger partial charge in [-0.1, -0.05) is 0 Å². The molecule has 0 aliphatic heterocycles. The van der Waals surface area contributed by atoms with Crippen molar-refractivity contribution in [3.05, 3.63) is 53.2 Å². The van der Waals surface area contributed by atoms with Crippen molar-refractivity contribution in [3.63, 3.8) is 0 Å². The number of nitrogens with zero attached hydrogens (tertiary/aromatic N) is 3. The molecule has 0 bridgehead atoms. The van der Waals surface area contributed by atoms with Crippen molar-refractivity contribution in [1.29, 1.82) is 0 Å². The Hall–Kier alpha value is -2.93. The molecule has 0 spiro atoms. The molecule has 1 aliphatic rings. The Morgan fingerprint density at radius 2 is 2.00 bits per heavy atom. The van der Waals surface area contributed by atoms with Gasteiger partial charge in [-0.3, -0.25) is 9.36 Å². The molecule has 1 fully saturated rings. The van der Waals surface area contributed by atoms with Crippen molar-refractivity contribution in [1.82, 2.24) is 14.5 Å². The third-order valence-corrected chi connectivity index (χ3v) is 5.70. The molecule has 0 amide bonds. The molecule has 7 heteroatoms. The van der Waals surface area contributed by atoms with Gasteiger partial charge in [-0.25, -0.2) is 9.97 Å². The normalized spacial score (nSPS) is 14.0. The van der Waals surface area contributed by atoms with Crippen LogP contribution < -0.4 is 15.6 Å². The number of aromatic nitrogens is 3. The summed E-state index contributed by atoms with van der Waals surface area (Å²) in [5, 5.41) is 5.30. The Balaban J connectivity index is 1.70. The van der Waals surface area contributed by atoms with Gasteiger partial charge in [0.1, 0.15) is 27.4 Å². The van der Waals surface area contributed by atoms with Crippen molar-refractivity contribution in [2.24, 2.45) is 0 Å². The van der Waals surface area contributed by atoms with Gasteiger partial charge in [-0.15, -0.1) is 11.3 Å². The second-order valence-corrected chi connectivity index (χ2v) is 7.35. The molecule has 0 radical (unpaired) electrons. The van der Waals surface area contributed by atoms with Crippen LogP contribution >= 0.6 is 11.3 Å². The van der Waals surface area contributed by atoms with Crippen molar-refractivity contribution in [3.8, 4) is 11.4 Å². The maximum absolute atomic E-state index is 13.1. The van der Waals surface area contributed by atoms with Crippen molar-refractivity contribution in [2.45, 2.75) is 18.9 Å². The van der Waals surface area contributed by atoms with Gasteiger partial charge in [0.05, 0.1) is 12.5 Å². The SMILES string of the molecule is COc1ccc(-n2ccc3c(sc4ncnc(NC5CC5)c43)c2=O)cc1. The Bertz CT molecular complexity index is 1180. The van der Waals surface area contributed by atoms with E-state index in [0.717, 1.165) is 45.7 Å². The number of rotatable bonds is 4. The number of anilines is 1. The number of fused-ring (bicyclic) bond motifs is 3. The van der Waals surface area contributed by atoms with Gasteiger partial charge in [0.2, 0.25) is 0 Å². The Morgan fingerprint density at radius 3 is 2.73 bits per heavy atom. The smallest absolute Gasteiger partial charge is 0.273 e. The lowest BCUT2D eigenvalue weighted by Crippen LogP contribution is -2.16. The van der Waals surface area contributed by atoms with Gasteiger partial charge >= 0.3 is 0 Å². The molecule has 0 atom stereocenters. The minimum atomic E-state index is -0.0481. The summed E-state index contributed by atoms with van der Waals surface area (Å²) in [7, 11) is 1.62. The molecule has 26 heavy (non-hydrogen) atoms. The number of hydrogen-bond acceptors (Lipinski definition) is 6. The third kappa shape index (κ3) is 2.43. The summed E-state index contributed by atoms with van der Waals surface area (Å²) in [6, 6.07) is 9.91. The number of methoxy groups -OCH3 is 1. The summed E-state index contributed by atoms with van der Waals surface area (Å²) in [4.78, 5) is 22.7. The second-order valence-electron chi connectivity index (χ2n) is 6.35. The zero-order valence-electron chi connectivity index (χ0n) is 14.1. The molecule has 6 nitrogen and oxygen atoms in total.